The number of rotatable bonds is 6. The van der Waals surface area contributed by atoms with Gasteiger partial charge >= 0.3 is 0 Å². The molecule has 0 amide bonds. The molecule has 100 valence electrons. The number of nitrogens with one attached hydrogen (secondary N) is 1. The molecule has 0 aromatic heterocycles. The molecule has 1 heterocycles. The van der Waals surface area contributed by atoms with Gasteiger partial charge in [-0.05, 0) is 51.1 Å². The van der Waals surface area contributed by atoms with Crippen molar-refractivity contribution in [2.24, 2.45) is 5.92 Å². The fourth-order valence-electron chi connectivity index (χ4n) is 2.73. The zero-order valence-corrected chi connectivity index (χ0v) is 11.5. The van der Waals surface area contributed by atoms with Crippen molar-refractivity contribution in [3.63, 3.8) is 0 Å². The van der Waals surface area contributed by atoms with E-state index in [4.69, 9.17) is 4.74 Å². The van der Waals surface area contributed by atoms with E-state index in [0.717, 1.165) is 25.1 Å². The Bertz CT molecular complexity index is 218. The van der Waals surface area contributed by atoms with Crippen LogP contribution in [0.3, 0.4) is 0 Å². The molecule has 0 aromatic rings. The Balaban J connectivity index is 1.79. The Hall–Kier alpha value is -0.120. The predicted octanol–water partition coefficient (Wildman–Crippen LogP) is 1.88. The fourth-order valence-corrected chi connectivity index (χ4v) is 2.73. The highest BCUT2D eigenvalue weighted by atomic mass is 16.5. The zero-order valence-electron chi connectivity index (χ0n) is 11.5. The third kappa shape index (κ3) is 4.57. The molecule has 2 rings (SSSR count). The van der Waals surface area contributed by atoms with Crippen LogP contribution in [0.5, 0.6) is 0 Å². The Kier molecular flexibility index (Phi) is 5.26. The fraction of sp³-hybridized carbons (Fsp3) is 1.00. The van der Waals surface area contributed by atoms with Crippen LogP contribution in [0.4, 0.5) is 0 Å². The highest BCUT2D eigenvalue weighted by Crippen LogP contribution is 2.20. The van der Waals surface area contributed by atoms with E-state index in [-0.39, 0.29) is 0 Å². The minimum atomic E-state index is 0.575. The van der Waals surface area contributed by atoms with Crippen molar-refractivity contribution in [3.8, 4) is 0 Å². The smallest absolute Gasteiger partial charge is 0.0630 e. The van der Waals surface area contributed by atoms with Crippen molar-refractivity contribution < 1.29 is 4.74 Å². The summed E-state index contributed by atoms with van der Waals surface area (Å²) in [6, 6.07) is 1.38. The maximum Gasteiger partial charge on any atom is 0.0630 e. The quantitative estimate of drug-likeness (QED) is 0.767. The van der Waals surface area contributed by atoms with Gasteiger partial charge in [0.05, 0.1) is 6.61 Å². The number of hydrogen-bond donors (Lipinski definition) is 1. The van der Waals surface area contributed by atoms with Gasteiger partial charge in [0.2, 0.25) is 0 Å². The van der Waals surface area contributed by atoms with Crippen LogP contribution in [0.1, 0.15) is 39.0 Å². The minimum Gasteiger partial charge on any atom is -0.383 e. The summed E-state index contributed by atoms with van der Waals surface area (Å²) >= 11 is 0. The molecule has 17 heavy (non-hydrogen) atoms. The number of nitrogens with zero attached hydrogens (tertiary/aromatic N) is 1. The molecular formula is C14H28N2O. The first-order valence-corrected chi connectivity index (χ1v) is 7.26. The summed E-state index contributed by atoms with van der Waals surface area (Å²) in [6.45, 7) is 6.87. The first-order valence-electron chi connectivity index (χ1n) is 7.26. The molecule has 1 saturated carbocycles. The maximum atomic E-state index is 5.40. The topological polar surface area (TPSA) is 24.5 Å². The lowest BCUT2D eigenvalue weighted by molar-refractivity contribution is 0.0904. The Morgan fingerprint density at radius 3 is 2.76 bits per heavy atom. The monoisotopic (exact) mass is 240 g/mol. The van der Waals surface area contributed by atoms with Gasteiger partial charge < -0.3 is 10.1 Å². The van der Waals surface area contributed by atoms with Crippen LogP contribution >= 0.6 is 0 Å². The van der Waals surface area contributed by atoms with Gasteiger partial charge in [-0.3, -0.25) is 4.90 Å². The van der Waals surface area contributed by atoms with Crippen molar-refractivity contribution in [3.05, 3.63) is 0 Å². The number of hydrogen-bond acceptors (Lipinski definition) is 3. The van der Waals surface area contributed by atoms with Crippen LogP contribution in [-0.2, 0) is 4.74 Å². The van der Waals surface area contributed by atoms with Gasteiger partial charge in [0.25, 0.3) is 0 Å². The Morgan fingerprint density at radius 1 is 1.24 bits per heavy atom. The molecule has 1 aliphatic heterocycles. The van der Waals surface area contributed by atoms with E-state index in [1.54, 1.807) is 0 Å². The highest BCUT2D eigenvalue weighted by molar-refractivity contribution is 4.85. The van der Waals surface area contributed by atoms with Gasteiger partial charge in [-0.1, -0.05) is 6.92 Å². The van der Waals surface area contributed by atoms with E-state index >= 15 is 0 Å². The number of methoxy groups -OCH3 is 1. The highest BCUT2D eigenvalue weighted by Gasteiger charge is 2.25. The van der Waals surface area contributed by atoms with E-state index in [1.807, 2.05) is 7.11 Å². The van der Waals surface area contributed by atoms with Crippen LogP contribution in [0.15, 0.2) is 0 Å². The summed E-state index contributed by atoms with van der Waals surface area (Å²) in [6.07, 6.45) is 6.84. The summed E-state index contributed by atoms with van der Waals surface area (Å²) in [5.74, 6) is 0.902. The molecular weight excluding hydrogens is 212 g/mol. The van der Waals surface area contributed by atoms with E-state index in [0.29, 0.717) is 6.04 Å². The lowest BCUT2D eigenvalue weighted by Gasteiger charge is -2.30. The molecule has 2 atom stereocenters. The minimum absolute atomic E-state index is 0.575. The second kappa shape index (κ2) is 6.72. The molecule has 0 aromatic carbocycles. The normalized spacial score (nSPS) is 28.9. The van der Waals surface area contributed by atoms with Crippen LogP contribution in [-0.4, -0.2) is 50.3 Å². The summed E-state index contributed by atoms with van der Waals surface area (Å²) in [5.41, 5.74) is 0. The first-order chi connectivity index (χ1) is 8.29. The lowest BCUT2D eigenvalue weighted by Crippen LogP contribution is -2.46. The third-order valence-electron chi connectivity index (χ3n) is 4.15. The molecule has 0 spiro atoms. The summed E-state index contributed by atoms with van der Waals surface area (Å²) < 4.78 is 5.40. The van der Waals surface area contributed by atoms with Gasteiger partial charge in [-0.15, -0.1) is 0 Å². The third-order valence-corrected chi connectivity index (χ3v) is 4.15. The van der Waals surface area contributed by atoms with E-state index in [9.17, 15) is 0 Å². The van der Waals surface area contributed by atoms with E-state index in [1.165, 1.54) is 45.2 Å². The van der Waals surface area contributed by atoms with Crippen LogP contribution in [0.25, 0.3) is 0 Å². The van der Waals surface area contributed by atoms with E-state index < -0.39 is 0 Å². The van der Waals surface area contributed by atoms with Gasteiger partial charge in [-0.25, -0.2) is 0 Å². The SMILES string of the molecule is COCC(CNC1CC1)N1CCCC(C)CC1. The molecule has 1 aliphatic carbocycles. The lowest BCUT2D eigenvalue weighted by atomic mass is 10.0. The van der Waals surface area contributed by atoms with E-state index in [2.05, 4.69) is 17.1 Å². The van der Waals surface area contributed by atoms with Crippen LogP contribution in [0.2, 0.25) is 0 Å². The molecule has 1 saturated heterocycles. The summed E-state index contributed by atoms with van der Waals surface area (Å²) in [5, 5.41) is 3.65. The molecule has 0 radical (unpaired) electrons. The Morgan fingerprint density at radius 2 is 2.06 bits per heavy atom. The standard InChI is InChI=1S/C14H28N2O/c1-12-4-3-8-16(9-7-12)14(11-17-2)10-15-13-5-6-13/h12-15H,3-11H2,1-2H3. The van der Waals surface area contributed by atoms with Crippen molar-refractivity contribution >= 4 is 0 Å². The number of ether oxygens (including phenoxy) is 1. The molecule has 2 fully saturated rings. The largest absolute Gasteiger partial charge is 0.383 e. The van der Waals surface area contributed by atoms with Crippen molar-refractivity contribution in [1.29, 1.82) is 0 Å². The summed E-state index contributed by atoms with van der Waals surface area (Å²) in [4.78, 5) is 2.64. The van der Waals surface area contributed by atoms with Gasteiger partial charge in [0.15, 0.2) is 0 Å². The van der Waals surface area contributed by atoms with Crippen LogP contribution < -0.4 is 5.32 Å². The number of likely N-dealkylation sites (tertiary alicyclic amines) is 1. The Labute approximate surface area is 106 Å². The molecule has 3 nitrogen and oxygen atoms in total. The van der Waals surface area contributed by atoms with Gasteiger partial charge in [0.1, 0.15) is 0 Å². The first kappa shape index (κ1) is 13.3. The van der Waals surface area contributed by atoms with Crippen molar-refractivity contribution in [1.82, 2.24) is 10.2 Å². The molecule has 2 aliphatic rings. The molecule has 2 unspecified atom stereocenters. The van der Waals surface area contributed by atoms with Crippen molar-refractivity contribution in [2.75, 3.05) is 33.4 Å². The van der Waals surface area contributed by atoms with Crippen LogP contribution in [0, 0.1) is 5.92 Å². The van der Waals surface area contributed by atoms with Gasteiger partial charge in [0, 0.05) is 25.7 Å². The second-order valence-electron chi connectivity index (χ2n) is 5.86. The van der Waals surface area contributed by atoms with Crippen molar-refractivity contribution in [2.45, 2.75) is 51.1 Å². The average Bonchev–Trinajstić information content (AvgIpc) is 3.12. The average molecular weight is 240 g/mol. The summed E-state index contributed by atoms with van der Waals surface area (Å²) in [7, 11) is 1.82. The molecule has 0 bridgehead atoms. The zero-order chi connectivity index (χ0) is 12.1. The molecule has 1 N–H and O–H groups in total. The van der Waals surface area contributed by atoms with Gasteiger partial charge in [-0.2, -0.15) is 0 Å². The predicted molar refractivity (Wildman–Crippen MR) is 71.3 cm³/mol. The maximum absolute atomic E-state index is 5.40. The second-order valence-corrected chi connectivity index (χ2v) is 5.86. The molecule has 3 heteroatoms.